The first-order valence-corrected chi connectivity index (χ1v) is 6.80. The molecule has 0 radical (unpaired) electrons. The molecule has 2 rings (SSSR count). The summed E-state index contributed by atoms with van der Waals surface area (Å²) in [5.74, 6) is 0. The molecule has 0 saturated heterocycles. The van der Waals surface area contributed by atoms with Crippen LogP contribution in [0.1, 0.15) is 34.6 Å². The Morgan fingerprint density at radius 2 is 1.95 bits per heavy atom. The first kappa shape index (κ1) is 14.3. The second-order valence-corrected chi connectivity index (χ2v) is 5.34. The molecule has 1 heterocycles. The quantitative estimate of drug-likeness (QED) is 0.785. The van der Waals surface area contributed by atoms with Crippen molar-refractivity contribution in [3.05, 3.63) is 47.3 Å². The highest BCUT2D eigenvalue weighted by atomic mass is 16.1. The van der Waals surface area contributed by atoms with Crippen LogP contribution >= 0.6 is 0 Å². The number of rotatable bonds is 5. The van der Waals surface area contributed by atoms with Crippen LogP contribution in [0.2, 0.25) is 0 Å². The van der Waals surface area contributed by atoms with Crippen molar-refractivity contribution in [1.82, 2.24) is 9.78 Å². The Morgan fingerprint density at radius 3 is 2.55 bits per heavy atom. The predicted molar refractivity (Wildman–Crippen MR) is 81.5 cm³/mol. The summed E-state index contributed by atoms with van der Waals surface area (Å²) in [7, 11) is 2.05. The summed E-state index contributed by atoms with van der Waals surface area (Å²) >= 11 is 0. The number of hydrogen-bond acceptors (Lipinski definition) is 3. The van der Waals surface area contributed by atoms with Gasteiger partial charge in [-0.1, -0.05) is 17.7 Å². The van der Waals surface area contributed by atoms with Crippen LogP contribution in [0.15, 0.2) is 30.5 Å². The molecule has 1 aromatic carbocycles. The van der Waals surface area contributed by atoms with E-state index in [-0.39, 0.29) is 6.04 Å². The normalized spacial score (nSPS) is 12.2. The van der Waals surface area contributed by atoms with Crippen molar-refractivity contribution in [3.8, 4) is 0 Å². The van der Waals surface area contributed by atoms with E-state index in [0.29, 0.717) is 5.69 Å². The maximum atomic E-state index is 11.1. The number of carbonyl (C=O) groups excluding carboxylic acids is 1. The second-order valence-electron chi connectivity index (χ2n) is 5.34. The fourth-order valence-electron chi connectivity index (χ4n) is 2.33. The lowest BCUT2D eigenvalue weighted by molar-refractivity contribution is 0.111. The number of aldehydes is 1. The number of likely N-dealkylation sites (N-methyl/N-ethyl adjacent to an activating group) is 1. The number of aromatic nitrogens is 2. The Hall–Kier alpha value is -2.10. The van der Waals surface area contributed by atoms with Gasteiger partial charge in [0.1, 0.15) is 5.69 Å². The van der Waals surface area contributed by atoms with Gasteiger partial charge >= 0.3 is 0 Å². The van der Waals surface area contributed by atoms with Crippen LogP contribution in [0.3, 0.4) is 0 Å². The molecule has 0 aliphatic heterocycles. The van der Waals surface area contributed by atoms with E-state index in [1.807, 2.05) is 6.92 Å². The van der Waals surface area contributed by atoms with Gasteiger partial charge in [-0.05, 0) is 38.5 Å². The molecule has 1 atom stereocenters. The zero-order valence-electron chi connectivity index (χ0n) is 12.5. The molecular formula is C16H21N3O. The fourth-order valence-corrected chi connectivity index (χ4v) is 2.33. The van der Waals surface area contributed by atoms with Gasteiger partial charge in [0.15, 0.2) is 6.29 Å². The highest BCUT2D eigenvalue weighted by molar-refractivity contribution is 5.74. The van der Waals surface area contributed by atoms with Crippen LogP contribution < -0.4 is 4.90 Å². The van der Waals surface area contributed by atoms with Crippen LogP contribution in [0.4, 0.5) is 5.69 Å². The highest BCUT2D eigenvalue weighted by Gasteiger charge is 2.14. The minimum Gasteiger partial charge on any atom is -0.372 e. The summed E-state index contributed by atoms with van der Waals surface area (Å²) in [6, 6.07) is 8.56. The number of hydrogen-bond donors (Lipinski definition) is 0. The zero-order chi connectivity index (χ0) is 14.7. The summed E-state index contributed by atoms with van der Waals surface area (Å²) in [5, 5.41) is 4.31. The third-order valence-corrected chi connectivity index (χ3v) is 3.57. The van der Waals surface area contributed by atoms with Crippen LogP contribution in [0.5, 0.6) is 0 Å². The molecule has 0 N–H and O–H groups in total. The summed E-state index contributed by atoms with van der Waals surface area (Å²) < 4.78 is 1.80. The van der Waals surface area contributed by atoms with E-state index in [4.69, 9.17) is 0 Å². The maximum Gasteiger partial charge on any atom is 0.168 e. The highest BCUT2D eigenvalue weighted by Crippen LogP contribution is 2.18. The van der Waals surface area contributed by atoms with Crippen molar-refractivity contribution in [3.63, 3.8) is 0 Å². The Balaban J connectivity index is 2.12. The molecule has 1 unspecified atom stereocenters. The topological polar surface area (TPSA) is 38.1 Å². The van der Waals surface area contributed by atoms with E-state index in [1.165, 1.54) is 11.3 Å². The number of aryl methyl sites for hydroxylation is 2. The molecule has 0 bridgehead atoms. The van der Waals surface area contributed by atoms with Crippen molar-refractivity contribution >= 4 is 12.0 Å². The lowest BCUT2D eigenvalue weighted by atomic mass is 10.2. The summed E-state index contributed by atoms with van der Waals surface area (Å²) in [5.41, 5.74) is 4.00. The van der Waals surface area contributed by atoms with Gasteiger partial charge < -0.3 is 4.90 Å². The summed E-state index contributed by atoms with van der Waals surface area (Å²) in [6.45, 7) is 6.86. The van der Waals surface area contributed by atoms with Gasteiger partial charge in [-0.25, -0.2) is 0 Å². The third-order valence-electron chi connectivity index (χ3n) is 3.57. The molecule has 0 spiro atoms. The van der Waals surface area contributed by atoms with Crippen molar-refractivity contribution in [2.75, 3.05) is 18.5 Å². The molecule has 4 nitrogen and oxygen atoms in total. The maximum absolute atomic E-state index is 11.1. The standard InChI is InChI=1S/C16H21N3O/c1-12-5-7-15(8-6-12)18(4)10-14(3)19-16(11-20)13(2)9-17-19/h5-9,11,14H,10H2,1-4H3. The molecule has 1 aromatic heterocycles. The fraction of sp³-hybridized carbons (Fsp3) is 0.375. The molecule has 0 amide bonds. The Bertz CT molecular complexity index is 586. The van der Waals surface area contributed by atoms with Gasteiger partial charge in [-0.3, -0.25) is 9.48 Å². The van der Waals surface area contributed by atoms with E-state index in [9.17, 15) is 4.79 Å². The van der Waals surface area contributed by atoms with Crippen molar-refractivity contribution in [2.45, 2.75) is 26.8 Å². The Labute approximate surface area is 120 Å². The average Bonchev–Trinajstić information content (AvgIpc) is 2.80. The Kier molecular flexibility index (Phi) is 4.23. The third kappa shape index (κ3) is 2.90. The van der Waals surface area contributed by atoms with Crippen LogP contribution in [0.25, 0.3) is 0 Å². The monoisotopic (exact) mass is 271 g/mol. The number of nitrogens with zero attached hydrogens (tertiary/aromatic N) is 3. The second kappa shape index (κ2) is 5.90. The van der Waals surface area contributed by atoms with Gasteiger partial charge in [-0.2, -0.15) is 5.10 Å². The molecule has 0 fully saturated rings. The van der Waals surface area contributed by atoms with Crippen LogP contribution in [0, 0.1) is 13.8 Å². The lowest BCUT2D eigenvalue weighted by Gasteiger charge is -2.24. The predicted octanol–water partition coefficient (Wildman–Crippen LogP) is 3.01. The van der Waals surface area contributed by atoms with Gasteiger partial charge in [0.05, 0.1) is 12.2 Å². The molecule has 2 aromatic rings. The van der Waals surface area contributed by atoms with E-state index in [1.54, 1.807) is 10.9 Å². The van der Waals surface area contributed by atoms with Crippen LogP contribution in [-0.4, -0.2) is 29.7 Å². The van der Waals surface area contributed by atoms with Gasteiger partial charge in [0, 0.05) is 19.3 Å². The largest absolute Gasteiger partial charge is 0.372 e. The Morgan fingerprint density at radius 1 is 1.30 bits per heavy atom. The van der Waals surface area contributed by atoms with E-state index in [2.05, 4.69) is 55.2 Å². The minimum absolute atomic E-state index is 0.134. The van der Waals surface area contributed by atoms with Gasteiger partial charge in [0.25, 0.3) is 0 Å². The van der Waals surface area contributed by atoms with E-state index in [0.717, 1.165) is 18.4 Å². The molecular weight excluding hydrogens is 250 g/mol. The van der Waals surface area contributed by atoms with Gasteiger partial charge in [0.2, 0.25) is 0 Å². The van der Waals surface area contributed by atoms with Crippen molar-refractivity contribution < 1.29 is 4.79 Å². The first-order chi connectivity index (χ1) is 9.52. The molecule has 0 aliphatic rings. The summed E-state index contributed by atoms with van der Waals surface area (Å²) in [4.78, 5) is 13.3. The van der Waals surface area contributed by atoms with Gasteiger partial charge in [-0.15, -0.1) is 0 Å². The first-order valence-electron chi connectivity index (χ1n) is 6.80. The molecule has 20 heavy (non-hydrogen) atoms. The number of benzene rings is 1. The summed E-state index contributed by atoms with van der Waals surface area (Å²) in [6.07, 6.45) is 2.62. The SMILES string of the molecule is Cc1ccc(N(C)CC(C)n2ncc(C)c2C=O)cc1. The minimum atomic E-state index is 0.134. The smallest absolute Gasteiger partial charge is 0.168 e. The molecule has 4 heteroatoms. The van der Waals surface area contributed by atoms with Crippen molar-refractivity contribution in [1.29, 1.82) is 0 Å². The number of carbonyl (C=O) groups is 1. The average molecular weight is 271 g/mol. The van der Waals surface area contributed by atoms with Crippen molar-refractivity contribution in [2.24, 2.45) is 0 Å². The molecule has 0 saturated carbocycles. The molecule has 0 aliphatic carbocycles. The zero-order valence-corrected chi connectivity index (χ0v) is 12.5. The van der Waals surface area contributed by atoms with E-state index >= 15 is 0 Å². The van der Waals surface area contributed by atoms with Crippen LogP contribution in [-0.2, 0) is 0 Å². The molecule has 106 valence electrons. The number of anilines is 1. The van der Waals surface area contributed by atoms with E-state index < -0.39 is 0 Å². The lowest BCUT2D eigenvalue weighted by Crippen LogP contribution is -2.27.